The summed E-state index contributed by atoms with van der Waals surface area (Å²) in [6.45, 7) is 13.7. The number of fused-ring (bicyclic) bond motifs is 1. The first kappa shape index (κ1) is 33.5. The van der Waals surface area contributed by atoms with E-state index in [2.05, 4.69) is 57.2 Å². The van der Waals surface area contributed by atoms with Crippen LogP contribution in [0.2, 0.25) is 0 Å². The summed E-state index contributed by atoms with van der Waals surface area (Å²) < 4.78 is 19.6. The standard InChI is InChI=1S/C26H23N5O3.C5H11NO2.C2H6/c1-18-22(19-6-7-24-25(14-19)34-13-12-33-24)4-3-5-23(18)20-8-10-30(26(15-20)28-27-2)17-31-11-9-21(16-32)29-31;1-3-8-5(7)4-6-2;1-2/h3-11,14-16H,2,12-13,17H2,1H3;6H,3-4H2,1-2H3;1-2H3/b28-26-;;. The lowest BCUT2D eigenvalue weighted by Crippen LogP contribution is -2.24. The molecule has 0 saturated heterocycles. The highest BCUT2D eigenvalue weighted by atomic mass is 16.6. The van der Waals surface area contributed by atoms with Gasteiger partial charge in [0, 0.05) is 19.1 Å². The summed E-state index contributed by atoms with van der Waals surface area (Å²) in [6, 6.07) is 17.9. The van der Waals surface area contributed by atoms with Crippen LogP contribution in [0.3, 0.4) is 0 Å². The Kier molecular flexibility index (Phi) is 13.1. The fourth-order valence-electron chi connectivity index (χ4n) is 4.47. The summed E-state index contributed by atoms with van der Waals surface area (Å²) >= 11 is 0. The molecule has 0 aliphatic carbocycles. The van der Waals surface area contributed by atoms with E-state index in [1.807, 2.05) is 54.9 Å². The van der Waals surface area contributed by atoms with Gasteiger partial charge in [-0.1, -0.05) is 38.1 Å². The van der Waals surface area contributed by atoms with E-state index in [9.17, 15) is 9.59 Å². The maximum Gasteiger partial charge on any atom is 0.319 e. The molecule has 0 radical (unpaired) electrons. The maximum atomic E-state index is 10.9. The molecular weight excluding hydrogens is 560 g/mol. The Balaban J connectivity index is 0.000000462. The van der Waals surface area contributed by atoms with Gasteiger partial charge in [-0.3, -0.25) is 14.3 Å². The van der Waals surface area contributed by atoms with Crippen LogP contribution in [-0.4, -0.2) is 66.7 Å². The molecule has 11 nitrogen and oxygen atoms in total. The first-order valence-electron chi connectivity index (χ1n) is 14.5. The lowest BCUT2D eigenvalue weighted by molar-refractivity contribution is -0.141. The molecular formula is C33H40N6O5. The van der Waals surface area contributed by atoms with E-state index in [-0.39, 0.29) is 5.97 Å². The average Bonchev–Trinajstić information content (AvgIpc) is 3.51. The normalized spacial score (nSPS) is 11.8. The highest BCUT2D eigenvalue weighted by Gasteiger charge is 2.15. The molecule has 0 amide bonds. The van der Waals surface area contributed by atoms with Crippen molar-refractivity contribution in [3.63, 3.8) is 0 Å². The Labute approximate surface area is 257 Å². The third kappa shape index (κ3) is 8.74. The molecule has 2 aromatic carbocycles. The molecule has 1 aliphatic rings. The Morgan fingerprint density at radius 2 is 1.75 bits per heavy atom. The van der Waals surface area contributed by atoms with Crippen LogP contribution in [0.5, 0.6) is 11.5 Å². The molecule has 0 spiro atoms. The number of carbonyl (C=O) groups excluding carboxylic acids is 2. The van der Waals surface area contributed by atoms with Crippen molar-refractivity contribution in [2.24, 2.45) is 10.2 Å². The second-order valence-electron chi connectivity index (χ2n) is 9.20. The number of nitrogens with zero attached hydrogens (tertiary/aromatic N) is 5. The Hall–Kier alpha value is -5.03. The molecule has 0 saturated carbocycles. The van der Waals surface area contributed by atoms with E-state index in [0.29, 0.717) is 44.2 Å². The van der Waals surface area contributed by atoms with Gasteiger partial charge in [0.2, 0.25) is 0 Å². The molecule has 0 unspecified atom stereocenters. The minimum atomic E-state index is -0.199. The highest BCUT2D eigenvalue weighted by molar-refractivity contribution is 5.79. The van der Waals surface area contributed by atoms with Gasteiger partial charge in [0.25, 0.3) is 0 Å². The highest BCUT2D eigenvalue weighted by Crippen LogP contribution is 2.37. The van der Waals surface area contributed by atoms with Crippen molar-refractivity contribution in [1.29, 1.82) is 0 Å². The number of carbonyl (C=O) groups is 2. The van der Waals surface area contributed by atoms with Gasteiger partial charge in [-0.15, -0.1) is 5.10 Å². The molecule has 0 fully saturated rings. The van der Waals surface area contributed by atoms with Gasteiger partial charge >= 0.3 is 5.97 Å². The first-order chi connectivity index (χ1) is 21.5. The van der Waals surface area contributed by atoms with Crippen molar-refractivity contribution in [3.05, 3.63) is 83.7 Å². The number of aromatic nitrogens is 3. The predicted octanol–water partition coefficient (Wildman–Crippen LogP) is 4.73. The van der Waals surface area contributed by atoms with Crippen LogP contribution < -0.4 is 20.3 Å². The molecule has 0 atom stereocenters. The van der Waals surface area contributed by atoms with Crippen LogP contribution in [0.25, 0.3) is 22.3 Å². The van der Waals surface area contributed by atoms with Gasteiger partial charge in [-0.05, 0) is 79.0 Å². The fourth-order valence-corrected chi connectivity index (χ4v) is 4.47. The van der Waals surface area contributed by atoms with E-state index < -0.39 is 0 Å². The van der Waals surface area contributed by atoms with Crippen LogP contribution in [-0.2, 0) is 16.2 Å². The van der Waals surface area contributed by atoms with Gasteiger partial charge < -0.3 is 24.1 Å². The summed E-state index contributed by atoms with van der Waals surface area (Å²) in [6.07, 6.45) is 4.40. The lowest BCUT2D eigenvalue weighted by atomic mass is 9.93. The summed E-state index contributed by atoms with van der Waals surface area (Å²) in [5, 5.41) is 14.8. The molecule has 2 aromatic heterocycles. The zero-order valence-corrected chi connectivity index (χ0v) is 25.9. The van der Waals surface area contributed by atoms with E-state index in [1.54, 1.807) is 30.9 Å². The molecule has 3 heterocycles. The van der Waals surface area contributed by atoms with E-state index in [1.165, 1.54) is 0 Å². The molecule has 0 bridgehead atoms. The van der Waals surface area contributed by atoms with Crippen molar-refractivity contribution >= 4 is 19.0 Å². The second-order valence-corrected chi connectivity index (χ2v) is 9.20. The number of hydrogen-bond acceptors (Lipinski definition) is 9. The second kappa shape index (κ2) is 17.2. The quantitative estimate of drug-likeness (QED) is 0.128. The third-order valence-corrected chi connectivity index (χ3v) is 6.39. The Bertz CT molecular complexity index is 1620. The van der Waals surface area contributed by atoms with E-state index in [0.717, 1.165) is 45.6 Å². The summed E-state index contributed by atoms with van der Waals surface area (Å²) in [5.41, 5.74) is 6.41. The summed E-state index contributed by atoms with van der Waals surface area (Å²) in [7, 11) is 1.71. The minimum absolute atomic E-state index is 0.199. The minimum Gasteiger partial charge on any atom is -0.486 e. The van der Waals surface area contributed by atoms with Crippen LogP contribution in [0.15, 0.2) is 77.2 Å². The topological polar surface area (TPSA) is 121 Å². The number of hydrogen-bond donors (Lipinski definition) is 1. The van der Waals surface area contributed by atoms with Gasteiger partial charge in [0.15, 0.2) is 23.3 Å². The third-order valence-electron chi connectivity index (χ3n) is 6.39. The predicted molar refractivity (Wildman–Crippen MR) is 171 cm³/mol. The average molecular weight is 601 g/mol. The van der Waals surface area contributed by atoms with Crippen molar-refractivity contribution in [2.75, 3.05) is 33.4 Å². The number of nitrogens with one attached hydrogen (secondary N) is 1. The van der Waals surface area contributed by atoms with Crippen LogP contribution >= 0.6 is 0 Å². The van der Waals surface area contributed by atoms with Crippen molar-refractivity contribution in [3.8, 4) is 33.8 Å². The summed E-state index contributed by atoms with van der Waals surface area (Å²) in [4.78, 5) is 21.3. The molecule has 4 aromatic rings. The SMILES string of the molecule is C=N/N=c1/cc(-c2cccc(-c3ccc4c(c3)OCCO4)c2C)ccn1Cn1ccc(C=O)n1.CC.CCOC(=O)CNC. The molecule has 1 aliphatic heterocycles. The summed E-state index contributed by atoms with van der Waals surface area (Å²) in [5.74, 6) is 1.34. The van der Waals surface area contributed by atoms with Gasteiger partial charge in [-0.2, -0.15) is 10.2 Å². The van der Waals surface area contributed by atoms with E-state index in [4.69, 9.17) is 9.47 Å². The van der Waals surface area contributed by atoms with E-state index >= 15 is 0 Å². The molecule has 232 valence electrons. The maximum absolute atomic E-state index is 10.9. The van der Waals surface area contributed by atoms with Crippen molar-refractivity contribution in [2.45, 2.75) is 34.4 Å². The first-order valence-corrected chi connectivity index (χ1v) is 14.5. The number of aldehydes is 1. The number of ether oxygens (including phenoxy) is 3. The molecule has 5 rings (SSSR count). The smallest absolute Gasteiger partial charge is 0.319 e. The van der Waals surface area contributed by atoms with Gasteiger partial charge in [-0.25, -0.2) is 0 Å². The van der Waals surface area contributed by atoms with Crippen molar-refractivity contribution in [1.82, 2.24) is 19.7 Å². The van der Waals surface area contributed by atoms with Crippen molar-refractivity contribution < 1.29 is 23.8 Å². The Morgan fingerprint density at radius 3 is 2.39 bits per heavy atom. The number of likely N-dealkylation sites (N-methyl/N-ethyl adjacent to an activating group) is 1. The van der Waals surface area contributed by atoms with Crippen LogP contribution in [0.4, 0.5) is 0 Å². The van der Waals surface area contributed by atoms with Gasteiger partial charge in [0.05, 0.1) is 13.2 Å². The lowest BCUT2D eigenvalue weighted by Gasteiger charge is -2.20. The zero-order chi connectivity index (χ0) is 31.9. The Morgan fingerprint density at radius 1 is 1.05 bits per heavy atom. The number of esters is 1. The number of pyridine rings is 1. The van der Waals surface area contributed by atoms with Gasteiger partial charge in [0.1, 0.15) is 25.6 Å². The monoisotopic (exact) mass is 600 g/mol. The molecule has 1 N–H and O–H groups in total. The number of rotatable bonds is 9. The van der Waals surface area contributed by atoms with Crippen LogP contribution in [0.1, 0.15) is 36.8 Å². The zero-order valence-electron chi connectivity index (χ0n) is 25.9. The fraction of sp³-hybridized carbons (Fsp3) is 0.303. The number of benzene rings is 2. The molecule has 11 heteroatoms. The largest absolute Gasteiger partial charge is 0.486 e. The molecule has 44 heavy (non-hydrogen) atoms. The van der Waals surface area contributed by atoms with Crippen LogP contribution in [0, 0.1) is 6.92 Å².